The van der Waals surface area contributed by atoms with Gasteiger partial charge >= 0.3 is 0 Å². The lowest BCUT2D eigenvalue weighted by Crippen LogP contribution is -2.33. The van der Waals surface area contributed by atoms with E-state index in [1.165, 1.54) is 23.9 Å². The van der Waals surface area contributed by atoms with Crippen LogP contribution < -0.4 is 4.90 Å². The minimum atomic E-state index is -0.301. The maximum Gasteiger partial charge on any atom is 0.237 e. The number of amides is 1. The molecule has 6 nitrogen and oxygen atoms in total. The number of aromatic nitrogens is 3. The van der Waals surface area contributed by atoms with Gasteiger partial charge < -0.3 is 4.90 Å². The lowest BCUT2D eigenvalue weighted by atomic mass is 10.2. The fourth-order valence-corrected chi connectivity index (χ4v) is 5.61. The summed E-state index contributed by atoms with van der Waals surface area (Å²) >= 11 is 3.18. The first-order chi connectivity index (χ1) is 15.8. The second-order valence-corrected chi connectivity index (χ2v) is 10.7. The highest BCUT2D eigenvalue weighted by Crippen LogP contribution is 2.37. The molecule has 1 aliphatic rings. The van der Waals surface area contributed by atoms with Crippen molar-refractivity contribution >= 4 is 35.1 Å². The number of thioether (sulfide) groups is 2. The van der Waals surface area contributed by atoms with Gasteiger partial charge in [0.1, 0.15) is 5.82 Å². The largest absolute Gasteiger partial charge is 0.311 e. The Labute approximate surface area is 202 Å². The van der Waals surface area contributed by atoms with E-state index >= 15 is 0 Å². The Morgan fingerprint density at radius 1 is 1.21 bits per heavy atom. The van der Waals surface area contributed by atoms with Crippen molar-refractivity contribution in [2.24, 2.45) is 0 Å². The quantitative estimate of drug-likeness (QED) is 0.456. The summed E-state index contributed by atoms with van der Waals surface area (Å²) in [5.41, 5.74) is 1.74. The Morgan fingerprint density at radius 3 is 2.67 bits per heavy atom. The molecule has 0 bridgehead atoms. The van der Waals surface area contributed by atoms with Crippen molar-refractivity contribution in [3.05, 3.63) is 60.2 Å². The molecule has 0 radical (unpaired) electrons. The Morgan fingerprint density at radius 2 is 1.94 bits per heavy atom. The number of benzene rings is 2. The zero-order valence-electron chi connectivity index (χ0n) is 19.2. The number of hydrogen-bond donors (Lipinski definition) is 0. The van der Waals surface area contributed by atoms with Gasteiger partial charge in [0.05, 0.1) is 17.5 Å². The normalized spacial score (nSPS) is 17.0. The van der Waals surface area contributed by atoms with Crippen molar-refractivity contribution in [2.75, 3.05) is 31.3 Å². The van der Waals surface area contributed by atoms with Gasteiger partial charge in [0.25, 0.3) is 0 Å². The highest BCUT2D eigenvalue weighted by Gasteiger charge is 2.26. The second kappa shape index (κ2) is 10.3. The number of hydrogen-bond acceptors (Lipinski definition) is 6. The summed E-state index contributed by atoms with van der Waals surface area (Å²) in [5, 5.41) is 9.87. The number of carbonyl (C=O) groups is 1. The van der Waals surface area contributed by atoms with Gasteiger partial charge in [0.15, 0.2) is 11.0 Å². The lowest BCUT2D eigenvalue weighted by molar-refractivity contribution is -0.116. The summed E-state index contributed by atoms with van der Waals surface area (Å²) in [6.45, 7) is 4.93. The molecule has 3 aromatic rings. The minimum Gasteiger partial charge on any atom is -0.311 e. The fraction of sp³-hybridized carbons (Fsp3) is 0.375. The molecule has 2 atom stereocenters. The Balaban J connectivity index is 1.60. The van der Waals surface area contributed by atoms with E-state index in [0.717, 1.165) is 28.5 Å². The van der Waals surface area contributed by atoms with E-state index in [4.69, 9.17) is 0 Å². The van der Waals surface area contributed by atoms with Crippen LogP contribution in [0.1, 0.15) is 32.1 Å². The summed E-state index contributed by atoms with van der Waals surface area (Å²) in [5.74, 6) is 0.721. The molecule has 0 fully saturated rings. The van der Waals surface area contributed by atoms with E-state index in [1.54, 1.807) is 12.1 Å². The molecule has 174 valence electrons. The molecule has 0 aliphatic carbocycles. The third kappa shape index (κ3) is 5.26. The number of para-hydroxylation sites is 1. The number of anilines is 1. The Bertz CT molecular complexity index is 1120. The van der Waals surface area contributed by atoms with Crippen molar-refractivity contribution in [3.8, 4) is 5.69 Å². The highest BCUT2D eigenvalue weighted by molar-refractivity contribution is 8.00. The van der Waals surface area contributed by atoms with Crippen LogP contribution in [-0.2, 0) is 4.79 Å². The van der Waals surface area contributed by atoms with Crippen LogP contribution in [0.25, 0.3) is 5.69 Å². The van der Waals surface area contributed by atoms with Crippen molar-refractivity contribution in [1.82, 2.24) is 19.7 Å². The van der Waals surface area contributed by atoms with E-state index in [9.17, 15) is 9.18 Å². The van der Waals surface area contributed by atoms with Gasteiger partial charge in [-0.05, 0) is 63.8 Å². The molecule has 0 N–H and O–H groups in total. The van der Waals surface area contributed by atoms with Crippen LogP contribution in [0.15, 0.2) is 58.6 Å². The number of halogens is 1. The van der Waals surface area contributed by atoms with Crippen LogP contribution >= 0.6 is 23.5 Å². The number of fused-ring (bicyclic) bond motifs is 1. The smallest absolute Gasteiger partial charge is 0.237 e. The van der Waals surface area contributed by atoms with Crippen molar-refractivity contribution in [2.45, 2.75) is 41.6 Å². The first-order valence-electron chi connectivity index (χ1n) is 10.9. The molecule has 0 spiro atoms. The fourth-order valence-electron chi connectivity index (χ4n) is 3.66. The summed E-state index contributed by atoms with van der Waals surface area (Å²) in [7, 11) is 3.95. The first kappa shape index (κ1) is 23.8. The van der Waals surface area contributed by atoms with Gasteiger partial charge in [-0.1, -0.05) is 30.8 Å². The maximum atomic E-state index is 13.6. The third-order valence-corrected chi connectivity index (χ3v) is 7.91. The molecule has 4 rings (SSSR count). The molecule has 1 aromatic heterocycles. The molecular formula is C24H28FN5OS2. The van der Waals surface area contributed by atoms with Crippen LogP contribution in [0.4, 0.5) is 10.1 Å². The van der Waals surface area contributed by atoms with Gasteiger partial charge in [0.2, 0.25) is 5.91 Å². The van der Waals surface area contributed by atoms with Gasteiger partial charge in [-0.3, -0.25) is 14.3 Å². The van der Waals surface area contributed by atoms with Crippen LogP contribution in [0, 0.1) is 5.82 Å². The number of nitrogens with zero attached hydrogens (tertiary/aromatic N) is 5. The molecule has 1 amide bonds. The average Bonchev–Trinajstić information content (AvgIpc) is 3.14. The van der Waals surface area contributed by atoms with Crippen LogP contribution in [-0.4, -0.2) is 57.2 Å². The number of carbonyl (C=O) groups excluding carboxylic acids is 1. The summed E-state index contributed by atoms with van der Waals surface area (Å²) in [6, 6.07) is 14.3. The Hall–Kier alpha value is -2.36. The molecule has 0 saturated heterocycles. The number of rotatable bonds is 6. The zero-order chi connectivity index (χ0) is 23.5. The molecule has 0 saturated carbocycles. The maximum absolute atomic E-state index is 13.6. The summed E-state index contributed by atoms with van der Waals surface area (Å²) in [6.07, 6.45) is 0.937. The summed E-state index contributed by atoms with van der Waals surface area (Å²) < 4.78 is 15.5. The average molecular weight is 486 g/mol. The van der Waals surface area contributed by atoms with Gasteiger partial charge in [-0.2, -0.15) is 0 Å². The topological polar surface area (TPSA) is 54.3 Å². The minimum absolute atomic E-state index is 0.0106. The SMILES string of the molecule is C[C@@H]1CCN(C(=O)CSc2nnc([C@H](C)N(C)C)n2-c2ccc(F)cc2)c2ccccc2S1. The van der Waals surface area contributed by atoms with Gasteiger partial charge in [-0.15, -0.1) is 22.0 Å². The highest BCUT2D eigenvalue weighted by atomic mass is 32.2. The van der Waals surface area contributed by atoms with E-state index in [-0.39, 0.29) is 23.5 Å². The van der Waals surface area contributed by atoms with Crippen molar-refractivity contribution in [3.63, 3.8) is 0 Å². The van der Waals surface area contributed by atoms with Crippen LogP contribution in [0.2, 0.25) is 0 Å². The third-order valence-electron chi connectivity index (χ3n) is 5.76. The Kier molecular flexibility index (Phi) is 7.41. The van der Waals surface area contributed by atoms with Gasteiger partial charge in [-0.25, -0.2) is 4.39 Å². The standard InChI is InChI=1S/C24H28FN5OS2/c1-16-13-14-29(20-7-5-6-8-21(20)33-16)22(31)15-32-24-27-26-23(17(2)28(3)4)30(24)19-11-9-18(25)10-12-19/h5-12,16-17H,13-15H2,1-4H3/t16-,17+/m1/s1. The predicted octanol–water partition coefficient (Wildman–Crippen LogP) is 5.04. The molecule has 2 heterocycles. The van der Waals surface area contributed by atoms with Crippen LogP contribution in [0.3, 0.4) is 0 Å². The monoisotopic (exact) mass is 485 g/mol. The molecule has 9 heteroatoms. The zero-order valence-corrected chi connectivity index (χ0v) is 20.9. The van der Waals surface area contributed by atoms with Crippen molar-refractivity contribution < 1.29 is 9.18 Å². The molecule has 1 aliphatic heterocycles. The molecule has 33 heavy (non-hydrogen) atoms. The van der Waals surface area contributed by atoms with E-state index in [0.29, 0.717) is 17.0 Å². The lowest BCUT2D eigenvalue weighted by Gasteiger charge is -2.23. The predicted molar refractivity (Wildman–Crippen MR) is 133 cm³/mol. The van der Waals surface area contributed by atoms with E-state index < -0.39 is 0 Å². The summed E-state index contributed by atoms with van der Waals surface area (Å²) in [4.78, 5) is 18.4. The molecule has 0 unspecified atom stereocenters. The first-order valence-corrected chi connectivity index (χ1v) is 12.8. The van der Waals surface area contributed by atoms with E-state index in [1.807, 2.05) is 65.3 Å². The second-order valence-electron chi connectivity index (χ2n) is 8.31. The van der Waals surface area contributed by atoms with Gasteiger partial charge in [0, 0.05) is 22.4 Å². The molecule has 2 aromatic carbocycles. The van der Waals surface area contributed by atoms with Crippen molar-refractivity contribution in [1.29, 1.82) is 0 Å². The van der Waals surface area contributed by atoms with Crippen LogP contribution in [0.5, 0.6) is 0 Å². The van der Waals surface area contributed by atoms with E-state index in [2.05, 4.69) is 23.2 Å². The molecular weight excluding hydrogens is 457 g/mol.